The molecule has 0 atom stereocenters. The Morgan fingerprint density at radius 2 is 1.64 bits per heavy atom. The molecule has 266 valence electrons. The number of nitrogens with zero attached hydrogens (tertiary/aromatic N) is 5. The summed E-state index contributed by atoms with van der Waals surface area (Å²) in [6.45, 7) is 19.0. The number of amides is 1. The average molecular weight is 682 g/mol. The van der Waals surface area contributed by atoms with Crippen LogP contribution in [0.25, 0.3) is 0 Å². The second-order valence-corrected chi connectivity index (χ2v) is 12.4. The van der Waals surface area contributed by atoms with E-state index in [4.69, 9.17) is 14.2 Å². The van der Waals surface area contributed by atoms with Gasteiger partial charge in [-0.25, -0.2) is 4.98 Å². The fraction of sp³-hybridized carbons (Fsp3) is 0.410. The van der Waals surface area contributed by atoms with E-state index >= 15 is 0 Å². The molecule has 1 fully saturated rings. The third-order valence-corrected chi connectivity index (χ3v) is 9.03. The SMILES string of the molecule is CCCN1CCN(c2ccc(Nc3ncc(C(=O)Nc4c(C)cccc4C)c(Oc4ccc(OCCN(CC)CC)cc4OC)n3)cc2)CC1. The van der Waals surface area contributed by atoms with Crippen molar-refractivity contribution in [3.8, 4) is 23.1 Å². The predicted molar refractivity (Wildman–Crippen MR) is 201 cm³/mol. The fourth-order valence-electron chi connectivity index (χ4n) is 6.04. The van der Waals surface area contributed by atoms with Crippen LogP contribution in [0.1, 0.15) is 48.7 Å². The van der Waals surface area contributed by atoms with Gasteiger partial charge in [0.25, 0.3) is 5.91 Å². The molecule has 1 aromatic heterocycles. The quantitative estimate of drug-likeness (QED) is 0.127. The third-order valence-electron chi connectivity index (χ3n) is 9.03. The Labute approximate surface area is 296 Å². The van der Waals surface area contributed by atoms with Crippen LogP contribution < -0.4 is 29.7 Å². The van der Waals surface area contributed by atoms with Gasteiger partial charge in [0.05, 0.1) is 7.11 Å². The molecule has 11 heteroatoms. The number of benzene rings is 3. The lowest BCUT2D eigenvalue weighted by Gasteiger charge is -2.36. The molecule has 1 amide bonds. The molecule has 1 aliphatic rings. The highest BCUT2D eigenvalue weighted by molar-refractivity contribution is 6.06. The minimum absolute atomic E-state index is 0.0845. The summed E-state index contributed by atoms with van der Waals surface area (Å²) in [6, 6.07) is 19.5. The third kappa shape index (κ3) is 9.42. The van der Waals surface area contributed by atoms with E-state index in [1.54, 1.807) is 19.2 Å². The van der Waals surface area contributed by atoms with Crippen LogP contribution >= 0.6 is 0 Å². The van der Waals surface area contributed by atoms with Crippen LogP contribution in [0.15, 0.2) is 66.9 Å². The van der Waals surface area contributed by atoms with Crippen LogP contribution in [0.2, 0.25) is 0 Å². The smallest absolute Gasteiger partial charge is 0.262 e. The monoisotopic (exact) mass is 681 g/mol. The number of aryl methyl sites for hydroxylation is 2. The number of likely N-dealkylation sites (N-methyl/N-ethyl adjacent to an activating group) is 1. The van der Waals surface area contributed by atoms with Crippen LogP contribution in [-0.2, 0) is 0 Å². The number of hydrogen-bond acceptors (Lipinski definition) is 10. The Hall–Kier alpha value is -4.87. The van der Waals surface area contributed by atoms with Gasteiger partial charge in [-0.15, -0.1) is 0 Å². The van der Waals surface area contributed by atoms with Gasteiger partial charge in [-0.05, 0) is 87.4 Å². The number of piperazine rings is 1. The van der Waals surface area contributed by atoms with E-state index < -0.39 is 0 Å². The second-order valence-electron chi connectivity index (χ2n) is 12.4. The van der Waals surface area contributed by atoms with Gasteiger partial charge in [0.15, 0.2) is 11.5 Å². The number of nitrogens with one attached hydrogen (secondary N) is 2. The van der Waals surface area contributed by atoms with Crippen molar-refractivity contribution in [3.63, 3.8) is 0 Å². The molecule has 0 saturated carbocycles. The first-order chi connectivity index (χ1) is 24.3. The number of hydrogen-bond donors (Lipinski definition) is 2. The van der Waals surface area contributed by atoms with Crippen molar-refractivity contribution in [1.29, 1.82) is 0 Å². The minimum Gasteiger partial charge on any atom is -0.493 e. The number of para-hydroxylation sites is 1. The zero-order valence-corrected chi connectivity index (χ0v) is 30.3. The van der Waals surface area contributed by atoms with Crippen LogP contribution in [0.5, 0.6) is 23.1 Å². The van der Waals surface area contributed by atoms with Gasteiger partial charge < -0.3 is 34.6 Å². The second kappa shape index (κ2) is 17.7. The maximum atomic E-state index is 13.7. The van der Waals surface area contributed by atoms with E-state index in [1.165, 1.54) is 18.3 Å². The molecule has 1 aliphatic heterocycles. The summed E-state index contributed by atoms with van der Waals surface area (Å²) in [5, 5.41) is 6.32. The van der Waals surface area contributed by atoms with Crippen molar-refractivity contribution in [2.75, 3.05) is 81.6 Å². The molecule has 5 rings (SSSR count). The standard InChI is InChI=1S/C39H51N7O4/c1-7-19-45-20-22-46(23-21-45)31-15-13-30(14-16-31)41-39-40-27-33(37(47)42-36-28(4)11-10-12-29(36)5)38(43-39)50-34-18-17-32(26-35(34)48-6)49-25-24-44(8-2)9-3/h10-18,26-27H,7-9,19-25H2,1-6H3,(H,42,47)(H,40,41,43). The number of carbonyl (C=O) groups excluding carboxylic acids is 1. The van der Waals surface area contributed by atoms with Crippen molar-refractivity contribution in [2.45, 2.75) is 41.0 Å². The molecule has 0 aliphatic carbocycles. The van der Waals surface area contributed by atoms with Crippen LogP contribution in [0, 0.1) is 13.8 Å². The van der Waals surface area contributed by atoms with E-state index in [9.17, 15) is 4.79 Å². The molecule has 0 bridgehead atoms. The van der Waals surface area contributed by atoms with Gasteiger partial charge in [-0.3, -0.25) is 9.69 Å². The highest BCUT2D eigenvalue weighted by Crippen LogP contribution is 2.36. The molecule has 3 aromatic carbocycles. The van der Waals surface area contributed by atoms with E-state index in [1.807, 2.05) is 50.2 Å². The summed E-state index contributed by atoms with van der Waals surface area (Å²) in [5.74, 6) is 1.48. The van der Waals surface area contributed by atoms with Crippen LogP contribution in [0.4, 0.5) is 23.0 Å². The van der Waals surface area contributed by atoms with Crippen molar-refractivity contribution < 1.29 is 19.0 Å². The lowest BCUT2D eigenvalue weighted by molar-refractivity contribution is 0.102. The molecule has 0 radical (unpaired) electrons. The number of rotatable bonds is 16. The Bertz CT molecular complexity index is 1680. The van der Waals surface area contributed by atoms with Gasteiger partial charge in [-0.2, -0.15) is 4.98 Å². The number of carbonyl (C=O) groups is 1. The normalized spacial score (nSPS) is 13.3. The lowest BCUT2D eigenvalue weighted by Crippen LogP contribution is -2.46. The van der Waals surface area contributed by atoms with E-state index in [2.05, 4.69) is 68.2 Å². The van der Waals surface area contributed by atoms with Crippen molar-refractivity contribution >= 4 is 28.9 Å². The van der Waals surface area contributed by atoms with Gasteiger partial charge in [0.1, 0.15) is 17.9 Å². The van der Waals surface area contributed by atoms with E-state index in [0.29, 0.717) is 29.8 Å². The number of ether oxygens (including phenoxy) is 3. The van der Waals surface area contributed by atoms with Crippen molar-refractivity contribution in [3.05, 3.63) is 83.6 Å². The molecule has 4 aromatic rings. The molecule has 0 unspecified atom stereocenters. The lowest BCUT2D eigenvalue weighted by atomic mass is 10.1. The molecular weight excluding hydrogens is 630 g/mol. The first-order valence-corrected chi connectivity index (χ1v) is 17.6. The summed E-state index contributed by atoms with van der Waals surface area (Å²) < 4.78 is 18.0. The first kappa shape index (κ1) is 36.4. The summed E-state index contributed by atoms with van der Waals surface area (Å²) >= 11 is 0. The molecule has 50 heavy (non-hydrogen) atoms. The Balaban J connectivity index is 1.37. The Morgan fingerprint density at radius 1 is 0.920 bits per heavy atom. The molecule has 1 saturated heterocycles. The molecular formula is C39H51N7O4. The number of aromatic nitrogens is 2. The van der Waals surface area contributed by atoms with Gasteiger partial charge in [-0.1, -0.05) is 39.0 Å². The average Bonchev–Trinajstić information content (AvgIpc) is 3.13. The highest BCUT2D eigenvalue weighted by Gasteiger charge is 2.21. The van der Waals surface area contributed by atoms with Crippen molar-refractivity contribution in [1.82, 2.24) is 19.8 Å². The van der Waals surface area contributed by atoms with Crippen LogP contribution in [0.3, 0.4) is 0 Å². The van der Waals surface area contributed by atoms with Gasteiger partial charge in [0.2, 0.25) is 11.8 Å². The fourth-order valence-corrected chi connectivity index (χ4v) is 6.04. The maximum absolute atomic E-state index is 13.7. The largest absolute Gasteiger partial charge is 0.493 e. The predicted octanol–water partition coefficient (Wildman–Crippen LogP) is 7.14. The van der Waals surface area contributed by atoms with E-state index in [0.717, 1.165) is 74.9 Å². The summed E-state index contributed by atoms with van der Waals surface area (Å²) in [7, 11) is 1.57. The highest BCUT2D eigenvalue weighted by atomic mass is 16.5. The Kier molecular flexibility index (Phi) is 12.9. The zero-order valence-electron chi connectivity index (χ0n) is 30.3. The van der Waals surface area contributed by atoms with E-state index in [-0.39, 0.29) is 17.4 Å². The van der Waals surface area contributed by atoms with Crippen molar-refractivity contribution in [2.24, 2.45) is 0 Å². The molecule has 0 spiro atoms. The van der Waals surface area contributed by atoms with Gasteiger partial charge in [0, 0.05) is 62.0 Å². The van der Waals surface area contributed by atoms with Crippen LogP contribution in [-0.4, -0.2) is 91.7 Å². The summed E-state index contributed by atoms with van der Waals surface area (Å²) in [4.78, 5) is 30.1. The maximum Gasteiger partial charge on any atom is 0.262 e. The summed E-state index contributed by atoms with van der Waals surface area (Å²) in [6.07, 6.45) is 2.66. The molecule has 11 nitrogen and oxygen atoms in total. The molecule has 2 heterocycles. The van der Waals surface area contributed by atoms with Gasteiger partial charge >= 0.3 is 0 Å². The minimum atomic E-state index is -0.386. The number of anilines is 4. The molecule has 2 N–H and O–H groups in total. The topological polar surface area (TPSA) is 104 Å². The zero-order chi connectivity index (χ0) is 35.5. The number of methoxy groups -OCH3 is 1. The first-order valence-electron chi connectivity index (χ1n) is 17.6. The summed E-state index contributed by atoms with van der Waals surface area (Å²) in [5.41, 5.74) is 4.82. The Morgan fingerprint density at radius 3 is 2.30 bits per heavy atom.